The molecule has 5 nitrogen and oxygen atoms in total. The normalized spacial score (nSPS) is 10.9. The SMILES string of the molecule is Cc1ccc(OCC(=O)OCC(=O)Nc2c(C(C)C)cccc2C(C)C)cc1C. The van der Waals surface area contributed by atoms with E-state index in [-0.39, 0.29) is 31.0 Å². The maximum atomic E-state index is 12.4. The first-order valence-corrected chi connectivity index (χ1v) is 9.97. The van der Waals surface area contributed by atoms with E-state index in [0.717, 1.165) is 27.9 Å². The topological polar surface area (TPSA) is 64.6 Å². The summed E-state index contributed by atoms with van der Waals surface area (Å²) in [5.74, 6) is 0.178. The highest BCUT2D eigenvalue weighted by atomic mass is 16.6. The van der Waals surface area contributed by atoms with E-state index in [1.807, 2.05) is 44.2 Å². The lowest BCUT2D eigenvalue weighted by molar-refractivity contribution is -0.149. The van der Waals surface area contributed by atoms with Crippen molar-refractivity contribution in [3.05, 3.63) is 58.7 Å². The predicted molar refractivity (Wildman–Crippen MR) is 116 cm³/mol. The number of carbonyl (C=O) groups excluding carboxylic acids is 2. The molecule has 1 amide bonds. The lowest BCUT2D eigenvalue weighted by Crippen LogP contribution is -2.24. The molecule has 0 heterocycles. The molecule has 0 atom stereocenters. The average molecular weight is 398 g/mol. The second kappa shape index (κ2) is 10.1. The number of para-hydroxylation sites is 1. The van der Waals surface area contributed by atoms with Crippen LogP contribution in [-0.4, -0.2) is 25.1 Å². The van der Waals surface area contributed by atoms with E-state index in [1.165, 1.54) is 0 Å². The van der Waals surface area contributed by atoms with Gasteiger partial charge in [0.2, 0.25) is 0 Å². The molecule has 0 aromatic heterocycles. The quantitative estimate of drug-likeness (QED) is 0.629. The van der Waals surface area contributed by atoms with E-state index in [9.17, 15) is 9.59 Å². The first kappa shape index (κ1) is 22.5. The molecule has 0 radical (unpaired) electrons. The molecule has 156 valence electrons. The van der Waals surface area contributed by atoms with Gasteiger partial charge in [-0.3, -0.25) is 4.79 Å². The number of aryl methyl sites for hydroxylation is 2. The lowest BCUT2D eigenvalue weighted by Gasteiger charge is -2.20. The van der Waals surface area contributed by atoms with Crippen LogP contribution in [0.4, 0.5) is 5.69 Å². The number of rotatable bonds is 8. The third-order valence-corrected chi connectivity index (χ3v) is 4.84. The molecule has 0 saturated carbocycles. The van der Waals surface area contributed by atoms with Crippen LogP contribution in [0.1, 0.15) is 61.8 Å². The van der Waals surface area contributed by atoms with Gasteiger partial charge in [-0.15, -0.1) is 0 Å². The fourth-order valence-electron chi connectivity index (χ4n) is 3.00. The minimum Gasteiger partial charge on any atom is -0.482 e. The number of ether oxygens (including phenoxy) is 2. The predicted octanol–water partition coefficient (Wildman–Crippen LogP) is 5.11. The Labute approximate surface area is 173 Å². The van der Waals surface area contributed by atoms with E-state index >= 15 is 0 Å². The Morgan fingerprint density at radius 1 is 0.897 bits per heavy atom. The Kier molecular flexibility index (Phi) is 7.82. The molecule has 5 heteroatoms. The van der Waals surface area contributed by atoms with Gasteiger partial charge in [0.1, 0.15) is 5.75 Å². The Balaban J connectivity index is 1.92. The standard InChI is InChI=1S/C24H31NO4/c1-15(2)20-8-7-9-21(16(3)4)24(20)25-22(26)13-29-23(27)14-28-19-11-10-17(5)18(6)12-19/h7-12,15-16H,13-14H2,1-6H3,(H,25,26). The highest BCUT2D eigenvalue weighted by molar-refractivity contribution is 5.94. The number of hydrogen-bond donors (Lipinski definition) is 1. The maximum Gasteiger partial charge on any atom is 0.344 e. The summed E-state index contributed by atoms with van der Waals surface area (Å²) in [6, 6.07) is 11.6. The molecule has 2 aromatic rings. The summed E-state index contributed by atoms with van der Waals surface area (Å²) in [5.41, 5.74) is 5.17. The van der Waals surface area contributed by atoms with Crippen LogP contribution in [0.5, 0.6) is 5.75 Å². The number of esters is 1. The zero-order chi connectivity index (χ0) is 21.6. The van der Waals surface area contributed by atoms with Gasteiger partial charge in [-0.1, -0.05) is 52.0 Å². The van der Waals surface area contributed by atoms with Gasteiger partial charge in [-0.2, -0.15) is 0 Å². The Morgan fingerprint density at radius 3 is 2.07 bits per heavy atom. The highest BCUT2D eigenvalue weighted by Gasteiger charge is 2.17. The molecule has 0 spiro atoms. The first-order chi connectivity index (χ1) is 13.7. The fraction of sp³-hybridized carbons (Fsp3) is 0.417. The molecule has 0 bridgehead atoms. The minimum absolute atomic E-state index is 0.240. The van der Waals surface area contributed by atoms with Crippen molar-refractivity contribution < 1.29 is 19.1 Å². The molecule has 2 aromatic carbocycles. The first-order valence-electron chi connectivity index (χ1n) is 9.97. The molecule has 29 heavy (non-hydrogen) atoms. The van der Waals surface area contributed by atoms with E-state index in [0.29, 0.717) is 5.75 Å². The molecule has 0 aliphatic rings. The number of carbonyl (C=O) groups is 2. The zero-order valence-corrected chi connectivity index (χ0v) is 18.2. The van der Waals surface area contributed by atoms with Crippen LogP contribution in [-0.2, 0) is 14.3 Å². The molecule has 0 saturated heterocycles. The van der Waals surface area contributed by atoms with Crippen LogP contribution in [0.15, 0.2) is 36.4 Å². The second-order valence-electron chi connectivity index (χ2n) is 7.86. The van der Waals surface area contributed by atoms with Crippen molar-refractivity contribution in [3.8, 4) is 5.75 Å². The molecule has 0 unspecified atom stereocenters. The fourth-order valence-corrected chi connectivity index (χ4v) is 3.00. The van der Waals surface area contributed by atoms with Crippen LogP contribution >= 0.6 is 0 Å². The number of hydrogen-bond acceptors (Lipinski definition) is 4. The monoisotopic (exact) mass is 397 g/mol. The van der Waals surface area contributed by atoms with E-state index in [2.05, 4.69) is 33.0 Å². The van der Waals surface area contributed by atoms with Gasteiger partial charge in [0.05, 0.1) is 0 Å². The number of benzene rings is 2. The average Bonchev–Trinajstić information content (AvgIpc) is 2.67. The summed E-state index contributed by atoms with van der Waals surface area (Å²) in [6.07, 6.45) is 0. The van der Waals surface area contributed by atoms with E-state index in [4.69, 9.17) is 9.47 Å². The van der Waals surface area contributed by atoms with Gasteiger partial charge in [-0.25, -0.2) is 4.79 Å². The van der Waals surface area contributed by atoms with Crippen molar-refractivity contribution in [1.82, 2.24) is 0 Å². The Hall–Kier alpha value is -2.82. The van der Waals surface area contributed by atoms with Crippen molar-refractivity contribution in [1.29, 1.82) is 0 Å². The van der Waals surface area contributed by atoms with E-state index in [1.54, 1.807) is 6.07 Å². The summed E-state index contributed by atoms with van der Waals surface area (Å²) in [4.78, 5) is 24.3. The molecule has 0 aliphatic carbocycles. The minimum atomic E-state index is -0.584. The van der Waals surface area contributed by atoms with Gasteiger partial charge in [0, 0.05) is 5.69 Å². The van der Waals surface area contributed by atoms with Crippen molar-refractivity contribution in [2.24, 2.45) is 0 Å². The zero-order valence-electron chi connectivity index (χ0n) is 18.2. The van der Waals surface area contributed by atoms with Gasteiger partial charge >= 0.3 is 5.97 Å². The lowest BCUT2D eigenvalue weighted by atomic mass is 9.92. The summed E-state index contributed by atoms with van der Waals surface area (Å²) in [5, 5.41) is 2.93. The van der Waals surface area contributed by atoms with Gasteiger partial charge in [0.25, 0.3) is 5.91 Å². The second-order valence-corrected chi connectivity index (χ2v) is 7.86. The molecule has 1 N–H and O–H groups in total. The summed E-state index contributed by atoms with van der Waals surface area (Å²) in [7, 11) is 0. The third kappa shape index (κ3) is 6.34. The van der Waals surface area contributed by atoms with E-state index < -0.39 is 5.97 Å². The molecule has 0 fully saturated rings. The van der Waals surface area contributed by atoms with Crippen LogP contribution in [0, 0.1) is 13.8 Å². The number of anilines is 1. The Morgan fingerprint density at radius 2 is 1.52 bits per heavy atom. The van der Waals surface area contributed by atoms with Crippen LogP contribution in [0.3, 0.4) is 0 Å². The summed E-state index contributed by atoms with van der Waals surface area (Å²) in [6.45, 7) is 11.7. The molecular weight excluding hydrogens is 366 g/mol. The highest BCUT2D eigenvalue weighted by Crippen LogP contribution is 2.32. The van der Waals surface area contributed by atoms with Crippen molar-refractivity contribution in [3.63, 3.8) is 0 Å². The summed E-state index contributed by atoms with van der Waals surface area (Å²) < 4.78 is 10.5. The molecular formula is C24H31NO4. The summed E-state index contributed by atoms with van der Waals surface area (Å²) >= 11 is 0. The third-order valence-electron chi connectivity index (χ3n) is 4.84. The van der Waals surface area contributed by atoms with Crippen LogP contribution in [0.25, 0.3) is 0 Å². The van der Waals surface area contributed by atoms with Crippen molar-refractivity contribution in [2.45, 2.75) is 53.4 Å². The van der Waals surface area contributed by atoms with Crippen molar-refractivity contribution >= 4 is 17.6 Å². The van der Waals surface area contributed by atoms with Gasteiger partial charge in [-0.05, 0) is 60.1 Å². The van der Waals surface area contributed by atoms with Crippen LogP contribution in [0.2, 0.25) is 0 Å². The largest absolute Gasteiger partial charge is 0.482 e. The Bertz CT molecular complexity index is 845. The van der Waals surface area contributed by atoms with Crippen LogP contribution < -0.4 is 10.1 Å². The molecule has 0 aliphatic heterocycles. The van der Waals surface area contributed by atoms with Gasteiger partial charge in [0.15, 0.2) is 13.2 Å². The van der Waals surface area contributed by atoms with Gasteiger partial charge < -0.3 is 14.8 Å². The van der Waals surface area contributed by atoms with Crippen molar-refractivity contribution in [2.75, 3.05) is 18.5 Å². The molecule has 2 rings (SSSR count). The number of amides is 1. The maximum absolute atomic E-state index is 12.4. The number of nitrogens with one attached hydrogen (secondary N) is 1. The smallest absolute Gasteiger partial charge is 0.344 e.